The molecule has 1 N–H and O–H groups in total. The number of benzene rings is 2. The Labute approximate surface area is 156 Å². The number of hydrogen-bond acceptors (Lipinski definition) is 2. The Hall–Kier alpha value is -2.83. The molecule has 144 valence electrons. The lowest BCUT2D eigenvalue weighted by atomic mass is 10.1. The Morgan fingerprint density at radius 3 is 2.11 bits per heavy atom. The largest absolute Gasteiger partial charge is 0.416 e. The Kier molecular flexibility index (Phi) is 6.60. The predicted octanol–water partition coefficient (Wildman–Crippen LogP) is 4.39. The summed E-state index contributed by atoms with van der Waals surface area (Å²) < 4.78 is 37.6. The number of nitrogens with one attached hydrogen (secondary N) is 1. The normalized spacial score (nSPS) is 11.1. The molecule has 0 saturated carbocycles. The van der Waals surface area contributed by atoms with E-state index in [1.165, 1.54) is 19.1 Å². The number of halogens is 3. The summed E-state index contributed by atoms with van der Waals surface area (Å²) in [5, 5.41) is 2.54. The Balaban J connectivity index is 1.90. The van der Waals surface area contributed by atoms with Crippen LogP contribution in [0.1, 0.15) is 30.0 Å². The zero-order chi connectivity index (χ0) is 20.0. The third-order valence-corrected chi connectivity index (χ3v) is 4.04. The number of hydrogen-bond donors (Lipinski definition) is 1. The van der Waals surface area contributed by atoms with Gasteiger partial charge in [-0.05, 0) is 36.8 Å². The second kappa shape index (κ2) is 8.70. The molecule has 0 aliphatic carbocycles. The van der Waals surface area contributed by atoms with E-state index in [1.807, 2.05) is 31.2 Å². The summed E-state index contributed by atoms with van der Waals surface area (Å²) in [4.78, 5) is 25.4. The first-order chi connectivity index (χ1) is 12.6. The molecule has 4 nitrogen and oxygen atoms in total. The van der Waals surface area contributed by atoms with E-state index in [9.17, 15) is 22.8 Å². The number of carbonyl (C=O) groups excluding carboxylic acids is 2. The van der Waals surface area contributed by atoms with E-state index in [0.29, 0.717) is 6.54 Å². The second-order valence-electron chi connectivity index (χ2n) is 6.30. The summed E-state index contributed by atoms with van der Waals surface area (Å²) in [7, 11) is 0. The van der Waals surface area contributed by atoms with Crippen LogP contribution < -0.4 is 5.32 Å². The SMILES string of the molecule is CC(=O)N(CCC(=O)Nc1ccc(C(F)(F)F)cc1)Cc1ccc(C)cc1. The van der Waals surface area contributed by atoms with Crippen LogP contribution in [0.2, 0.25) is 0 Å². The molecule has 0 aliphatic heterocycles. The molecule has 27 heavy (non-hydrogen) atoms. The van der Waals surface area contributed by atoms with Gasteiger partial charge in [-0.1, -0.05) is 29.8 Å². The number of aryl methyl sites for hydroxylation is 1. The maximum Gasteiger partial charge on any atom is 0.416 e. The van der Waals surface area contributed by atoms with Gasteiger partial charge in [0.2, 0.25) is 11.8 Å². The maximum absolute atomic E-state index is 12.5. The van der Waals surface area contributed by atoms with Gasteiger partial charge < -0.3 is 10.2 Å². The number of amides is 2. The predicted molar refractivity (Wildman–Crippen MR) is 97.0 cm³/mol. The lowest BCUT2D eigenvalue weighted by molar-refractivity contribution is -0.137. The van der Waals surface area contributed by atoms with Crippen LogP contribution in [-0.2, 0) is 22.3 Å². The maximum atomic E-state index is 12.5. The molecule has 0 unspecified atom stereocenters. The molecule has 0 spiro atoms. The monoisotopic (exact) mass is 378 g/mol. The highest BCUT2D eigenvalue weighted by Gasteiger charge is 2.29. The fourth-order valence-corrected chi connectivity index (χ4v) is 2.46. The van der Waals surface area contributed by atoms with Gasteiger partial charge in [0.25, 0.3) is 0 Å². The van der Waals surface area contributed by atoms with Crippen molar-refractivity contribution in [3.05, 3.63) is 65.2 Å². The van der Waals surface area contributed by atoms with Crippen LogP contribution in [0.4, 0.5) is 18.9 Å². The highest BCUT2D eigenvalue weighted by atomic mass is 19.4. The highest BCUT2D eigenvalue weighted by Crippen LogP contribution is 2.29. The zero-order valence-corrected chi connectivity index (χ0v) is 15.1. The van der Waals surface area contributed by atoms with Gasteiger partial charge >= 0.3 is 6.18 Å². The summed E-state index contributed by atoms with van der Waals surface area (Å²) in [5.74, 6) is -0.525. The van der Waals surface area contributed by atoms with Crippen molar-refractivity contribution in [2.24, 2.45) is 0 Å². The van der Waals surface area contributed by atoms with Crippen molar-refractivity contribution in [2.45, 2.75) is 33.0 Å². The fourth-order valence-electron chi connectivity index (χ4n) is 2.46. The highest BCUT2D eigenvalue weighted by molar-refractivity contribution is 5.91. The molecular formula is C20H21F3N2O2. The second-order valence-corrected chi connectivity index (χ2v) is 6.30. The van der Waals surface area contributed by atoms with Gasteiger partial charge in [-0.3, -0.25) is 9.59 Å². The molecule has 0 radical (unpaired) electrons. The van der Waals surface area contributed by atoms with Crippen LogP contribution >= 0.6 is 0 Å². The molecule has 7 heteroatoms. The molecule has 0 saturated heterocycles. The van der Waals surface area contributed by atoms with E-state index < -0.39 is 11.7 Å². The van der Waals surface area contributed by atoms with Gasteiger partial charge in [-0.15, -0.1) is 0 Å². The molecule has 0 bridgehead atoms. The molecule has 2 aromatic carbocycles. The molecule has 2 amide bonds. The number of nitrogens with zero attached hydrogens (tertiary/aromatic N) is 1. The van der Waals surface area contributed by atoms with E-state index in [1.54, 1.807) is 4.90 Å². The minimum absolute atomic E-state index is 0.0481. The molecule has 0 aliphatic rings. The van der Waals surface area contributed by atoms with Crippen LogP contribution in [0.5, 0.6) is 0 Å². The van der Waals surface area contributed by atoms with E-state index in [-0.39, 0.29) is 30.5 Å². The summed E-state index contributed by atoms with van der Waals surface area (Å²) in [5.41, 5.74) is 1.57. The van der Waals surface area contributed by atoms with E-state index >= 15 is 0 Å². The quantitative estimate of drug-likeness (QED) is 0.810. The summed E-state index contributed by atoms with van der Waals surface area (Å²) in [6.07, 6.45) is -4.37. The molecule has 2 rings (SSSR count). The van der Waals surface area contributed by atoms with Gasteiger partial charge in [-0.2, -0.15) is 13.2 Å². The van der Waals surface area contributed by atoms with Gasteiger partial charge in [0.05, 0.1) is 5.56 Å². The van der Waals surface area contributed by atoms with E-state index in [4.69, 9.17) is 0 Å². The molecule has 0 atom stereocenters. The smallest absolute Gasteiger partial charge is 0.338 e. The van der Waals surface area contributed by atoms with E-state index in [2.05, 4.69) is 5.32 Å². The lowest BCUT2D eigenvalue weighted by Crippen LogP contribution is -2.31. The van der Waals surface area contributed by atoms with Crippen molar-refractivity contribution in [1.29, 1.82) is 0 Å². The first kappa shape index (κ1) is 20.5. The van der Waals surface area contributed by atoms with Crippen molar-refractivity contribution in [3.63, 3.8) is 0 Å². The summed E-state index contributed by atoms with van der Waals surface area (Å²) in [6, 6.07) is 12.0. The number of alkyl halides is 3. The van der Waals surface area contributed by atoms with Crippen LogP contribution in [-0.4, -0.2) is 23.3 Å². The molecular weight excluding hydrogens is 357 g/mol. The van der Waals surface area contributed by atoms with Crippen LogP contribution in [0.3, 0.4) is 0 Å². The van der Waals surface area contributed by atoms with Crippen molar-refractivity contribution < 1.29 is 22.8 Å². The van der Waals surface area contributed by atoms with E-state index in [0.717, 1.165) is 23.3 Å². The summed E-state index contributed by atoms with van der Waals surface area (Å²) >= 11 is 0. The minimum Gasteiger partial charge on any atom is -0.338 e. The van der Waals surface area contributed by atoms with Crippen molar-refractivity contribution in [1.82, 2.24) is 4.90 Å². The molecule has 0 heterocycles. The lowest BCUT2D eigenvalue weighted by Gasteiger charge is -2.21. The van der Waals surface area contributed by atoms with Crippen molar-refractivity contribution in [3.8, 4) is 0 Å². The Morgan fingerprint density at radius 2 is 1.59 bits per heavy atom. The first-order valence-electron chi connectivity index (χ1n) is 8.43. The van der Waals surface area contributed by atoms with Gasteiger partial charge in [0.1, 0.15) is 0 Å². The average molecular weight is 378 g/mol. The topological polar surface area (TPSA) is 49.4 Å². The average Bonchev–Trinajstić information content (AvgIpc) is 2.59. The third kappa shape index (κ3) is 6.44. The molecule has 0 aromatic heterocycles. The van der Waals surface area contributed by atoms with Crippen molar-refractivity contribution >= 4 is 17.5 Å². The fraction of sp³-hybridized carbons (Fsp3) is 0.300. The molecule has 0 fully saturated rings. The first-order valence-corrected chi connectivity index (χ1v) is 8.43. The number of carbonyl (C=O) groups is 2. The van der Waals surface area contributed by atoms with Crippen LogP contribution in [0, 0.1) is 6.92 Å². The van der Waals surface area contributed by atoms with Crippen molar-refractivity contribution in [2.75, 3.05) is 11.9 Å². The summed E-state index contributed by atoms with van der Waals surface area (Å²) in [6.45, 7) is 4.01. The zero-order valence-electron chi connectivity index (χ0n) is 15.1. The van der Waals surface area contributed by atoms with Gasteiger partial charge in [0.15, 0.2) is 0 Å². The standard InChI is InChI=1S/C20H21F3N2O2/c1-14-3-5-16(6-4-14)13-25(15(2)26)12-11-19(27)24-18-9-7-17(8-10-18)20(21,22)23/h3-10H,11-13H2,1-2H3,(H,24,27). The third-order valence-electron chi connectivity index (χ3n) is 4.04. The number of rotatable bonds is 6. The van der Waals surface area contributed by atoms with Crippen LogP contribution in [0.25, 0.3) is 0 Å². The minimum atomic E-state index is -4.42. The number of anilines is 1. The molecule has 2 aromatic rings. The Bertz CT molecular complexity index is 784. The van der Waals surface area contributed by atoms with Gasteiger partial charge in [-0.25, -0.2) is 0 Å². The van der Waals surface area contributed by atoms with Gasteiger partial charge in [0, 0.05) is 32.1 Å². The van der Waals surface area contributed by atoms with Crippen LogP contribution in [0.15, 0.2) is 48.5 Å². The Morgan fingerprint density at radius 1 is 1.00 bits per heavy atom.